The SMILES string of the molecule is Cc1cc(Nc2cccc(NC(=O)c3ccccn3)c2)ncn1. The Bertz CT molecular complexity index is 820. The molecule has 0 radical (unpaired) electrons. The van der Waals surface area contributed by atoms with Crippen LogP contribution in [0.1, 0.15) is 16.2 Å². The zero-order chi connectivity index (χ0) is 16.1. The Morgan fingerprint density at radius 2 is 1.83 bits per heavy atom. The molecule has 0 atom stereocenters. The van der Waals surface area contributed by atoms with Gasteiger partial charge in [0.25, 0.3) is 5.91 Å². The van der Waals surface area contributed by atoms with Crippen molar-refractivity contribution in [1.29, 1.82) is 0 Å². The molecule has 2 heterocycles. The van der Waals surface area contributed by atoms with E-state index in [9.17, 15) is 4.79 Å². The standard InChI is InChI=1S/C17H15N5O/c1-12-9-16(20-11-19-12)21-13-5-4-6-14(10-13)22-17(23)15-7-2-3-8-18-15/h2-11H,1H3,(H,22,23)(H,19,20,21). The summed E-state index contributed by atoms with van der Waals surface area (Å²) < 4.78 is 0. The Morgan fingerprint density at radius 1 is 0.957 bits per heavy atom. The summed E-state index contributed by atoms with van der Waals surface area (Å²) in [4.78, 5) is 24.4. The Labute approximate surface area is 133 Å². The summed E-state index contributed by atoms with van der Waals surface area (Å²) >= 11 is 0. The summed E-state index contributed by atoms with van der Waals surface area (Å²) in [6, 6.07) is 14.5. The lowest BCUT2D eigenvalue weighted by atomic mass is 10.2. The number of hydrogen-bond acceptors (Lipinski definition) is 5. The van der Waals surface area contributed by atoms with Crippen molar-refractivity contribution in [1.82, 2.24) is 15.0 Å². The van der Waals surface area contributed by atoms with Crippen molar-refractivity contribution in [3.63, 3.8) is 0 Å². The van der Waals surface area contributed by atoms with Crippen molar-refractivity contribution < 1.29 is 4.79 Å². The van der Waals surface area contributed by atoms with Crippen LogP contribution in [0.4, 0.5) is 17.2 Å². The van der Waals surface area contributed by atoms with E-state index in [-0.39, 0.29) is 5.91 Å². The summed E-state index contributed by atoms with van der Waals surface area (Å²) in [6.45, 7) is 1.90. The highest BCUT2D eigenvalue weighted by atomic mass is 16.1. The lowest BCUT2D eigenvalue weighted by Gasteiger charge is -2.09. The molecule has 1 aromatic carbocycles. The maximum Gasteiger partial charge on any atom is 0.274 e. The molecule has 0 fully saturated rings. The lowest BCUT2D eigenvalue weighted by molar-refractivity contribution is 0.102. The van der Waals surface area contributed by atoms with Crippen molar-refractivity contribution in [2.24, 2.45) is 0 Å². The summed E-state index contributed by atoms with van der Waals surface area (Å²) in [5.41, 5.74) is 2.75. The number of carbonyl (C=O) groups is 1. The van der Waals surface area contributed by atoms with E-state index in [0.717, 1.165) is 11.4 Å². The van der Waals surface area contributed by atoms with Gasteiger partial charge in [-0.2, -0.15) is 0 Å². The van der Waals surface area contributed by atoms with E-state index in [4.69, 9.17) is 0 Å². The van der Waals surface area contributed by atoms with Crippen molar-refractivity contribution in [3.05, 3.63) is 72.4 Å². The minimum atomic E-state index is -0.249. The van der Waals surface area contributed by atoms with Crippen LogP contribution in [-0.4, -0.2) is 20.9 Å². The molecule has 0 spiro atoms. The smallest absolute Gasteiger partial charge is 0.274 e. The van der Waals surface area contributed by atoms with Gasteiger partial charge in [0.05, 0.1) is 0 Å². The molecule has 2 N–H and O–H groups in total. The second-order valence-corrected chi connectivity index (χ2v) is 4.92. The van der Waals surface area contributed by atoms with Gasteiger partial charge >= 0.3 is 0 Å². The molecule has 3 rings (SSSR count). The van der Waals surface area contributed by atoms with Gasteiger partial charge in [0.2, 0.25) is 0 Å². The molecular formula is C17H15N5O. The number of pyridine rings is 1. The van der Waals surface area contributed by atoms with Crippen LogP contribution in [0.15, 0.2) is 61.1 Å². The fourth-order valence-corrected chi connectivity index (χ4v) is 2.04. The third-order valence-corrected chi connectivity index (χ3v) is 3.09. The largest absolute Gasteiger partial charge is 0.340 e. The number of carbonyl (C=O) groups excluding carboxylic acids is 1. The molecule has 0 aliphatic rings. The van der Waals surface area contributed by atoms with Gasteiger partial charge in [-0.1, -0.05) is 12.1 Å². The first-order valence-corrected chi connectivity index (χ1v) is 7.09. The van der Waals surface area contributed by atoms with Crippen LogP contribution in [0, 0.1) is 6.92 Å². The van der Waals surface area contributed by atoms with Gasteiger partial charge in [0, 0.05) is 29.3 Å². The van der Waals surface area contributed by atoms with Gasteiger partial charge in [0.15, 0.2) is 0 Å². The first-order chi connectivity index (χ1) is 11.2. The van der Waals surface area contributed by atoms with Crippen molar-refractivity contribution in [2.75, 3.05) is 10.6 Å². The second-order valence-electron chi connectivity index (χ2n) is 4.92. The fourth-order valence-electron chi connectivity index (χ4n) is 2.04. The highest BCUT2D eigenvalue weighted by Crippen LogP contribution is 2.19. The Hall–Kier alpha value is -3.28. The number of amides is 1. The number of aromatic nitrogens is 3. The van der Waals surface area contributed by atoms with Crippen LogP contribution < -0.4 is 10.6 Å². The summed E-state index contributed by atoms with van der Waals surface area (Å²) in [7, 11) is 0. The van der Waals surface area contributed by atoms with Crippen LogP contribution >= 0.6 is 0 Å². The quantitative estimate of drug-likeness (QED) is 0.774. The third-order valence-electron chi connectivity index (χ3n) is 3.09. The molecule has 0 unspecified atom stereocenters. The molecule has 114 valence electrons. The minimum absolute atomic E-state index is 0.249. The van der Waals surface area contributed by atoms with E-state index in [1.54, 1.807) is 24.4 Å². The van der Waals surface area contributed by atoms with Crippen molar-refractivity contribution >= 4 is 23.1 Å². The second kappa shape index (κ2) is 6.65. The summed E-state index contributed by atoms with van der Waals surface area (Å²) in [5, 5.41) is 6.00. The molecule has 2 aromatic heterocycles. The number of nitrogens with zero attached hydrogens (tertiary/aromatic N) is 3. The van der Waals surface area contributed by atoms with Gasteiger partial charge in [-0.15, -0.1) is 0 Å². The predicted molar refractivity (Wildman–Crippen MR) is 88.7 cm³/mol. The number of anilines is 3. The monoisotopic (exact) mass is 305 g/mol. The van der Waals surface area contributed by atoms with Crippen LogP contribution in [-0.2, 0) is 0 Å². The topological polar surface area (TPSA) is 79.8 Å². The van der Waals surface area contributed by atoms with Crippen LogP contribution in [0.25, 0.3) is 0 Å². The maximum atomic E-state index is 12.1. The van der Waals surface area contributed by atoms with Crippen molar-refractivity contribution in [2.45, 2.75) is 6.92 Å². The normalized spacial score (nSPS) is 10.1. The molecular weight excluding hydrogens is 290 g/mol. The van der Waals surface area contributed by atoms with E-state index < -0.39 is 0 Å². The average Bonchev–Trinajstić information content (AvgIpc) is 2.56. The number of hydrogen-bond donors (Lipinski definition) is 2. The van der Waals surface area contributed by atoms with E-state index in [1.807, 2.05) is 37.3 Å². The van der Waals surface area contributed by atoms with Gasteiger partial charge in [-0.3, -0.25) is 9.78 Å². The molecule has 0 aliphatic carbocycles. The predicted octanol–water partition coefficient (Wildman–Crippen LogP) is 3.18. The van der Waals surface area contributed by atoms with Crippen LogP contribution in [0.3, 0.4) is 0 Å². The highest BCUT2D eigenvalue weighted by Gasteiger charge is 2.07. The summed E-state index contributed by atoms with van der Waals surface area (Å²) in [6.07, 6.45) is 3.09. The molecule has 23 heavy (non-hydrogen) atoms. The lowest BCUT2D eigenvalue weighted by Crippen LogP contribution is -2.13. The summed E-state index contributed by atoms with van der Waals surface area (Å²) in [5.74, 6) is 0.450. The highest BCUT2D eigenvalue weighted by molar-refractivity contribution is 6.03. The molecule has 0 saturated heterocycles. The minimum Gasteiger partial charge on any atom is -0.340 e. The zero-order valence-corrected chi connectivity index (χ0v) is 12.5. The van der Waals surface area contributed by atoms with E-state index in [2.05, 4.69) is 25.6 Å². The molecule has 0 saturated carbocycles. The van der Waals surface area contributed by atoms with E-state index in [1.165, 1.54) is 6.33 Å². The number of benzene rings is 1. The Kier molecular flexibility index (Phi) is 4.24. The van der Waals surface area contributed by atoms with Gasteiger partial charge < -0.3 is 10.6 Å². The Morgan fingerprint density at radius 3 is 2.61 bits per heavy atom. The zero-order valence-electron chi connectivity index (χ0n) is 12.5. The van der Waals surface area contributed by atoms with E-state index in [0.29, 0.717) is 17.2 Å². The van der Waals surface area contributed by atoms with Gasteiger partial charge in [-0.05, 0) is 37.3 Å². The van der Waals surface area contributed by atoms with Crippen LogP contribution in [0.5, 0.6) is 0 Å². The maximum absolute atomic E-state index is 12.1. The molecule has 0 aliphatic heterocycles. The molecule has 0 bridgehead atoms. The molecule has 1 amide bonds. The number of rotatable bonds is 4. The van der Waals surface area contributed by atoms with Gasteiger partial charge in [-0.25, -0.2) is 9.97 Å². The molecule has 6 heteroatoms. The van der Waals surface area contributed by atoms with Crippen LogP contribution in [0.2, 0.25) is 0 Å². The van der Waals surface area contributed by atoms with Crippen molar-refractivity contribution in [3.8, 4) is 0 Å². The average molecular weight is 305 g/mol. The first kappa shape index (κ1) is 14.6. The number of aryl methyl sites for hydroxylation is 1. The fraction of sp³-hybridized carbons (Fsp3) is 0.0588. The molecule has 3 aromatic rings. The third kappa shape index (κ3) is 3.88. The molecule has 6 nitrogen and oxygen atoms in total. The first-order valence-electron chi connectivity index (χ1n) is 7.09. The number of nitrogens with one attached hydrogen (secondary N) is 2. The van der Waals surface area contributed by atoms with E-state index >= 15 is 0 Å². The Balaban J connectivity index is 1.74. The van der Waals surface area contributed by atoms with Gasteiger partial charge in [0.1, 0.15) is 17.8 Å².